The van der Waals surface area contributed by atoms with Crippen LogP contribution in [-0.4, -0.2) is 112 Å². The molecule has 6 rings (SSSR count). The van der Waals surface area contributed by atoms with Crippen LogP contribution in [0, 0.1) is 6.92 Å². The number of rotatable bonds is 5. The van der Waals surface area contributed by atoms with Gasteiger partial charge >= 0.3 is 12.3 Å². The van der Waals surface area contributed by atoms with Crippen molar-refractivity contribution >= 4 is 17.7 Å². The van der Waals surface area contributed by atoms with E-state index in [4.69, 9.17) is 9.47 Å². The predicted molar refractivity (Wildman–Crippen MR) is 158 cm³/mol. The molecule has 2 aromatic rings. The molecule has 0 spiro atoms. The highest BCUT2D eigenvalue weighted by Crippen LogP contribution is 2.38. The van der Waals surface area contributed by atoms with Gasteiger partial charge in [-0.25, -0.2) is 14.8 Å². The average molecular weight is 621 g/mol. The number of amides is 1. The molecule has 4 saturated heterocycles. The SMILES string of the molecule is Cc1cnn(C2COC2)c1C1CCN(c2cc(N3C[C@@H](N4CCN(C(=O)OC(C)(C)C)CC4)[C@@H]3C)nc(C(F)(F)F)n2)CC1. The fourth-order valence-corrected chi connectivity index (χ4v) is 6.74. The molecule has 11 nitrogen and oxygen atoms in total. The first-order valence-electron chi connectivity index (χ1n) is 15.6. The Labute approximate surface area is 256 Å². The number of ether oxygens (including phenoxy) is 2. The maximum Gasteiger partial charge on any atom is 0.451 e. The third-order valence-corrected chi connectivity index (χ3v) is 9.31. The van der Waals surface area contributed by atoms with E-state index >= 15 is 0 Å². The van der Waals surface area contributed by atoms with E-state index < -0.39 is 17.6 Å². The van der Waals surface area contributed by atoms with Gasteiger partial charge in [0.2, 0.25) is 5.82 Å². The van der Waals surface area contributed by atoms with Crippen LogP contribution < -0.4 is 9.80 Å². The van der Waals surface area contributed by atoms with Crippen molar-refractivity contribution in [1.29, 1.82) is 0 Å². The molecule has 242 valence electrons. The van der Waals surface area contributed by atoms with E-state index in [1.165, 1.54) is 5.69 Å². The second-order valence-corrected chi connectivity index (χ2v) is 13.5. The zero-order chi connectivity index (χ0) is 31.4. The number of aryl methyl sites for hydroxylation is 1. The highest BCUT2D eigenvalue weighted by atomic mass is 19.4. The number of halogens is 3. The minimum atomic E-state index is -4.65. The Kier molecular flexibility index (Phi) is 8.18. The molecule has 2 atom stereocenters. The summed E-state index contributed by atoms with van der Waals surface area (Å²) in [5.41, 5.74) is 1.81. The summed E-state index contributed by atoms with van der Waals surface area (Å²) in [5, 5.41) is 4.59. The minimum absolute atomic E-state index is 0.0311. The molecule has 0 aromatic carbocycles. The zero-order valence-electron chi connectivity index (χ0n) is 26.2. The Morgan fingerprint density at radius 3 is 2.23 bits per heavy atom. The number of piperazine rings is 1. The van der Waals surface area contributed by atoms with Crippen LogP contribution in [0.15, 0.2) is 12.3 Å². The van der Waals surface area contributed by atoms with Crippen molar-refractivity contribution in [3.63, 3.8) is 0 Å². The number of hydrogen-bond donors (Lipinski definition) is 0. The number of nitrogens with zero attached hydrogens (tertiary/aromatic N) is 8. The first-order valence-corrected chi connectivity index (χ1v) is 15.6. The summed E-state index contributed by atoms with van der Waals surface area (Å²) in [6.07, 6.45) is -1.46. The van der Waals surface area contributed by atoms with Crippen LogP contribution in [0.25, 0.3) is 0 Å². The highest BCUT2D eigenvalue weighted by Gasteiger charge is 2.44. The van der Waals surface area contributed by atoms with Gasteiger partial charge in [0.25, 0.3) is 0 Å². The lowest BCUT2D eigenvalue weighted by atomic mass is 9.91. The van der Waals surface area contributed by atoms with Crippen molar-refractivity contribution in [2.45, 2.75) is 83.3 Å². The number of hydrogen-bond acceptors (Lipinski definition) is 9. The van der Waals surface area contributed by atoms with E-state index in [9.17, 15) is 18.0 Å². The number of carbonyl (C=O) groups excluding carboxylic acids is 1. The summed E-state index contributed by atoms with van der Waals surface area (Å²) in [6, 6.07) is 2.10. The van der Waals surface area contributed by atoms with Gasteiger partial charge in [0.15, 0.2) is 0 Å². The van der Waals surface area contributed by atoms with Crippen LogP contribution in [0.1, 0.15) is 69.6 Å². The molecule has 6 heterocycles. The van der Waals surface area contributed by atoms with Gasteiger partial charge in [-0.3, -0.25) is 9.58 Å². The van der Waals surface area contributed by atoms with Crippen LogP contribution in [-0.2, 0) is 15.7 Å². The molecule has 0 N–H and O–H groups in total. The van der Waals surface area contributed by atoms with Gasteiger partial charge in [0.05, 0.1) is 25.5 Å². The Hall–Kier alpha value is -3.13. The Morgan fingerprint density at radius 2 is 1.66 bits per heavy atom. The second kappa shape index (κ2) is 11.7. The van der Waals surface area contributed by atoms with Gasteiger partial charge in [0.1, 0.15) is 17.2 Å². The molecule has 0 bridgehead atoms. The van der Waals surface area contributed by atoms with Crippen LogP contribution >= 0.6 is 0 Å². The van der Waals surface area contributed by atoms with Crippen molar-refractivity contribution in [1.82, 2.24) is 29.5 Å². The van der Waals surface area contributed by atoms with Crippen molar-refractivity contribution in [3.05, 3.63) is 29.3 Å². The van der Waals surface area contributed by atoms with Crippen LogP contribution in [0.5, 0.6) is 0 Å². The number of carbonyl (C=O) groups is 1. The first kappa shape index (κ1) is 30.9. The molecule has 4 aliphatic rings. The minimum Gasteiger partial charge on any atom is -0.444 e. The molecule has 4 aliphatic heterocycles. The molecule has 0 unspecified atom stereocenters. The summed E-state index contributed by atoms with van der Waals surface area (Å²) in [4.78, 5) is 28.4. The molecule has 0 radical (unpaired) electrons. The standard InChI is InChI=1S/C30H43F3N8O3/c1-19-15-34-41(22-17-43-18-22)26(19)21-6-8-38(9-7-21)24-14-25(36-27(35-24)30(31,32)33)40-16-23(20(40)2)37-10-12-39(13-11-37)28(42)44-29(3,4)5/h14-15,20-23H,6-13,16-18H2,1-5H3/t20-,23+/m0/s1. The van der Waals surface area contributed by atoms with Gasteiger partial charge < -0.3 is 24.2 Å². The summed E-state index contributed by atoms with van der Waals surface area (Å²) in [7, 11) is 0. The van der Waals surface area contributed by atoms with Gasteiger partial charge in [-0.15, -0.1) is 0 Å². The molecule has 2 aromatic heterocycles. The summed E-state index contributed by atoms with van der Waals surface area (Å²) in [6.45, 7) is 15.2. The zero-order valence-corrected chi connectivity index (χ0v) is 26.2. The lowest BCUT2D eigenvalue weighted by Gasteiger charge is -2.53. The van der Waals surface area contributed by atoms with Gasteiger partial charge in [-0.05, 0) is 53.0 Å². The molecular formula is C30H43F3N8O3. The van der Waals surface area contributed by atoms with Crippen molar-refractivity contribution < 1.29 is 27.4 Å². The fourth-order valence-electron chi connectivity index (χ4n) is 6.74. The number of alkyl halides is 3. The second-order valence-electron chi connectivity index (χ2n) is 13.5. The Morgan fingerprint density at radius 1 is 1.00 bits per heavy atom. The molecule has 1 amide bonds. The van der Waals surface area contributed by atoms with Gasteiger partial charge in [-0.2, -0.15) is 18.3 Å². The number of anilines is 2. The van der Waals surface area contributed by atoms with E-state index in [-0.39, 0.29) is 30.1 Å². The molecule has 14 heteroatoms. The average Bonchev–Trinajstić information content (AvgIpc) is 3.30. The summed E-state index contributed by atoms with van der Waals surface area (Å²) in [5.74, 6) is -0.197. The van der Waals surface area contributed by atoms with E-state index in [0.29, 0.717) is 70.7 Å². The molecular weight excluding hydrogens is 577 g/mol. The highest BCUT2D eigenvalue weighted by molar-refractivity contribution is 5.68. The van der Waals surface area contributed by atoms with Crippen LogP contribution in [0.4, 0.5) is 29.6 Å². The third kappa shape index (κ3) is 6.19. The maximum atomic E-state index is 14.0. The maximum absolute atomic E-state index is 14.0. The third-order valence-electron chi connectivity index (χ3n) is 9.31. The van der Waals surface area contributed by atoms with E-state index in [2.05, 4.69) is 31.6 Å². The van der Waals surface area contributed by atoms with Crippen molar-refractivity contribution in [2.75, 3.05) is 68.8 Å². The fraction of sp³-hybridized carbons (Fsp3) is 0.733. The first-order chi connectivity index (χ1) is 20.8. The Balaban J connectivity index is 1.11. The molecule has 4 fully saturated rings. The lowest BCUT2D eigenvalue weighted by Crippen LogP contribution is -2.68. The smallest absolute Gasteiger partial charge is 0.444 e. The van der Waals surface area contributed by atoms with Crippen molar-refractivity contribution in [3.8, 4) is 0 Å². The van der Waals surface area contributed by atoms with Crippen LogP contribution in [0.2, 0.25) is 0 Å². The van der Waals surface area contributed by atoms with Crippen LogP contribution in [0.3, 0.4) is 0 Å². The molecule has 0 aliphatic carbocycles. The quantitative estimate of drug-likeness (QED) is 0.490. The van der Waals surface area contributed by atoms with E-state index in [1.807, 2.05) is 43.7 Å². The van der Waals surface area contributed by atoms with Crippen molar-refractivity contribution in [2.24, 2.45) is 0 Å². The number of aromatic nitrogens is 4. The lowest BCUT2D eigenvalue weighted by molar-refractivity contribution is -0.144. The summed E-state index contributed by atoms with van der Waals surface area (Å²) < 4.78 is 54.9. The normalized spacial score (nSPS) is 24.3. The molecule has 44 heavy (non-hydrogen) atoms. The van der Waals surface area contributed by atoms with Gasteiger partial charge in [-0.1, -0.05) is 0 Å². The van der Waals surface area contributed by atoms with E-state index in [0.717, 1.165) is 18.4 Å². The largest absolute Gasteiger partial charge is 0.451 e. The van der Waals surface area contributed by atoms with Gasteiger partial charge in [0, 0.05) is 75.6 Å². The summed E-state index contributed by atoms with van der Waals surface area (Å²) >= 11 is 0. The van der Waals surface area contributed by atoms with E-state index in [1.54, 1.807) is 11.0 Å². The number of piperidine rings is 1. The monoisotopic (exact) mass is 620 g/mol. The molecule has 0 saturated carbocycles. The Bertz CT molecular complexity index is 1340. The topological polar surface area (TPSA) is 92.1 Å². The predicted octanol–water partition coefficient (Wildman–Crippen LogP) is 4.09.